The van der Waals surface area contributed by atoms with Gasteiger partial charge in [0.15, 0.2) is 0 Å². The molecule has 0 aliphatic carbocycles. The average Bonchev–Trinajstić information content (AvgIpc) is 2.64. The summed E-state index contributed by atoms with van der Waals surface area (Å²) in [5.41, 5.74) is 1.00. The fraction of sp³-hybridized carbons (Fsp3) is 0.650. The Morgan fingerprint density at radius 1 is 1.04 bits per heavy atom. The number of likely N-dealkylation sites (tertiary alicyclic amines) is 1. The molecule has 1 amide bonds. The first-order valence-corrected chi connectivity index (χ1v) is 9.55. The lowest BCUT2D eigenvalue weighted by molar-refractivity contribution is -0.130. The van der Waals surface area contributed by atoms with E-state index in [1.807, 2.05) is 35.2 Å². The summed E-state index contributed by atoms with van der Waals surface area (Å²) >= 11 is 0. The Morgan fingerprint density at radius 3 is 2.24 bits per heavy atom. The number of β-amino-alcohol motifs (C(OH)–C–C–N with tert-alkyl or cyclic N) is 1. The van der Waals surface area contributed by atoms with E-state index in [2.05, 4.69) is 9.80 Å². The van der Waals surface area contributed by atoms with Crippen molar-refractivity contribution < 1.29 is 9.90 Å². The van der Waals surface area contributed by atoms with E-state index in [4.69, 9.17) is 0 Å². The number of aliphatic hydroxyl groups is 1. The van der Waals surface area contributed by atoms with E-state index in [1.54, 1.807) is 6.92 Å². The first-order chi connectivity index (χ1) is 12.1. The van der Waals surface area contributed by atoms with Gasteiger partial charge in [0.25, 0.3) is 0 Å². The maximum atomic E-state index is 11.4. The summed E-state index contributed by atoms with van der Waals surface area (Å²) < 4.78 is 0. The fourth-order valence-electron chi connectivity index (χ4n) is 3.98. The summed E-state index contributed by atoms with van der Waals surface area (Å²) in [6, 6.07) is 9.93. The number of piperazine rings is 1. The standard InChI is InChI=1S/C20H31N3O2/c1-17(24)23-9-7-18(8-10-23)15-21-11-13-22(14-12-21)16-20(25)19-5-3-2-4-6-19/h2-6,18,20,25H,7-16H2,1H3/t20-/m0/s1. The summed E-state index contributed by atoms with van der Waals surface area (Å²) in [7, 11) is 0. The van der Waals surface area contributed by atoms with E-state index >= 15 is 0 Å². The van der Waals surface area contributed by atoms with Crippen LogP contribution in [0.1, 0.15) is 31.4 Å². The molecule has 5 nitrogen and oxygen atoms in total. The van der Waals surface area contributed by atoms with Crippen LogP contribution in [0.5, 0.6) is 0 Å². The molecule has 0 saturated carbocycles. The Balaban J connectivity index is 1.37. The van der Waals surface area contributed by atoms with E-state index in [1.165, 1.54) is 0 Å². The van der Waals surface area contributed by atoms with E-state index < -0.39 is 6.10 Å². The first kappa shape index (κ1) is 18.4. The Labute approximate surface area is 151 Å². The number of nitrogens with zero attached hydrogens (tertiary/aromatic N) is 3. The minimum Gasteiger partial charge on any atom is -0.387 e. The molecule has 2 saturated heterocycles. The highest BCUT2D eigenvalue weighted by Crippen LogP contribution is 2.20. The molecule has 138 valence electrons. The first-order valence-electron chi connectivity index (χ1n) is 9.55. The average molecular weight is 345 g/mol. The number of benzene rings is 1. The van der Waals surface area contributed by atoms with Crippen LogP contribution < -0.4 is 0 Å². The quantitative estimate of drug-likeness (QED) is 0.880. The Kier molecular flexibility index (Phi) is 6.45. The second-order valence-electron chi connectivity index (χ2n) is 7.48. The number of carbonyl (C=O) groups is 1. The van der Waals surface area contributed by atoms with Gasteiger partial charge in [-0.05, 0) is 24.3 Å². The molecular weight excluding hydrogens is 314 g/mol. The van der Waals surface area contributed by atoms with Crippen LogP contribution in [0.4, 0.5) is 0 Å². The molecule has 0 bridgehead atoms. The van der Waals surface area contributed by atoms with Crippen molar-refractivity contribution in [1.29, 1.82) is 0 Å². The van der Waals surface area contributed by atoms with E-state index in [0.29, 0.717) is 0 Å². The molecule has 2 heterocycles. The van der Waals surface area contributed by atoms with E-state index in [0.717, 1.165) is 76.7 Å². The maximum absolute atomic E-state index is 11.4. The van der Waals surface area contributed by atoms with Gasteiger partial charge in [-0.3, -0.25) is 9.69 Å². The van der Waals surface area contributed by atoms with Crippen LogP contribution in [0.2, 0.25) is 0 Å². The number of amides is 1. The molecular formula is C20H31N3O2. The minimum atomic E-state index is -0.399. The van der Waals surface area contributed by atoms with Crippen molar-refractivity contribution in [2.45, 2.75) is 25.9 Å². The molecule has 2 aliphatic heterocycles. The van der Waals surface area contributed by atoms with Gasteiger partial charge in [-0.2, -0.15) is 0 Å². The second kappa shape index (κ2) is 8.79. The molecule has 1 aromatic carbocycles. The summed E-state index contributed by atoms with van der Waals surface area (Å²) in [5.74, 6) is 0.932. The number of carbonyl (C=O) groups excluding carboxylic acids is 1. The molecule has 3 rings (SSSR count). The monoisotopic (exact) mass is 345 g/mol. The normalized spacial score (nSPS) is 22.1. The van der Waals surface area contributed by atoms with Crippen LogP contribution >= 0.6 is 0 Å². The molecule has 0 spiro atoms. The molecule has 2 fully saturated rings. The van der Waals surface area contributed by atoms with Gasteiger partial charge in [0.1, 0.15) is 0 Å². The van der Waals surface area contributed by atoms with Gasteiger partial charge in [0.2, 0.25) is 5.91 Å². The topological polar surface area (TPSA) is 47.0 Å². The molecule has 1 aromatic rings. The van der Waals surface area contributed by atoms with Crippen LogP contribution in [0.25, 0.3) is 0 Å². The van der Waals surface area contributed by atoms with Crippen LogP contribution in [0.3, 0.4) is 0 Å². The van der Waals surface area contributed by atoms with Crippen LogP contribution in [0, 0.1) is 5.92 Å². The van der Waals surface area contributed by atoms with Crippen LogP contribution in [-0.2, 0) is 4.79 Å². The molecule has 1 atom stereocenters. The lowest BCUT2D eigenvalue weighted by Gasteiger charge is -2.39. The maximum Gasteiger partial charge on any atom is 0.219 e. The van der Waals surface area contributed by atoms with Gasteiger partial charge < -0.3 is 14.9 Å². The minimum absolute atomic E-state index is 0.212. The van der Waals surface area contributed by atoms with Crippen LogP contribution in [0.15, 0.2) is 30.3 Å². The van der Waals surface area contributed by atoms with Crippen molar-refractivity contribution in [2.24, 2.45) is 5.92 Å². The van der Waals surface area contributed by atoms with Crippen LogP contribution in [-0.4, -0.2) is 78.1 Å². The SMILES string of the molecule is CC(=O)N1CCC(CN2CCN(C[C@H](O)c3ccccc3)CC2)CC1. The summed E-state index contributed by atoms with van der Waals surface area (Å²) in [6.45, 7) is 9.58. The third-order valence-corrected chi connectivity index (χ3v) is 5.66. The van der Waals surface area contributed by atoms with Gasteiger partial charge in [-0.1, -0.05) is 30.3 Å². The van der Waals surface area contributed by atoms with Gasteiger partial charge >= 0.3 is 0 Å². The highest BCUT2D eigenvalue weighted by molar-refractivity contribution is 5.73. The van der Waals surface area contributed by atoms with E-state index in [-0.39, 0.29) is 5.91 Å². The van der Waals surface area contributed by atoms with Gasteiger partial charge in [-0.25, -0.2) is 0 Å². The molecule has 0 unspecified atom stereocenters. The predicted octanol–water partition coefficient (Wildman–Crippen LogP) is 1.60. The largest absolute Gasteiger partial charge is 0.387 e. The Morgan fingerprint density at radius 2 is 1.64 bits per heavy atom. The highest BCUT2D eigenvalue weighted by Gasteiger charge is 2.25. The van der Waals surface area contributed by atoms with E-state index in [9.17, 15) is 9.90 Å². The van der Waals surface area contributed by atoms with Gasteiger partial charge in [0, 0.05) is 59.3 Å². The number of hydrogen-bond donors (Lipinski definition) is 1. The Hall–Kier alpha value is -1.43. The van der Waals surface area contributed by atoms with Crippen molar-refractivity contribution in [1.82, 2.24) is 14.7 Å². The molecule has 25 heavy (non-hydrogen) atoms. The van der Waals surface area contributed by atoms with Crippen molar-refractivity contribution >= 4 is 5.91 Å². The zero-order chi connectivity index (χ0) is 17.6. The summed E-state index contributed by atoms with van der Waals surface area (Å²) in [5, 5.41) is 10.4. The lowest BCUT2D eigenvalue weighted by Crippen LogP contribution is -2.49. The van der Waals surface area contributed by atoms with Crippen molar-refractivity contribution in [3.05, 3.63) is 35.9 Å². The predicted molar refractivity (Wildman–Crippen MR) is 99.3 cm³/mol. The number of aliphatic hydroxyl groups excluding tert-OH is 1. The molecule has 1 N–H and O–H groups in total. The molecule has 0 radical (unpaired) electrons. The highest BCUT2D eigenvalue weighted by atomic mass is 16.3. The zero-order valence-corrected chi connectivity index (χ0v) is 15.3. The van der Waals surface area contributed by atoms with Gasteiger partial charge in [0.05, 0.1) is 6.10 Å². The second-order valence-corrected chi connectivity index (χ2v) is 7.48. The third-order valence-electron chi connectivity index (χ3n) is 5.66. The number of piperidine rings is 1. The zero-order valence-electron chi connectivity index (χ0n) is 15.3. The number of hydrogen-bond acceptors (Lipinski definition) is 4. The third kappa shape index (κ3) is 5.27. The molecule has 2 aliphatic rings. The van der Waals surface area contributed by atoms with Gasteiger partial charge in [-0.15, -0.1) is 0 Å². The molecule has 0 aromatic heterocycles. The number of rotatable bonds is 5. The Bertz CT molecular complexity index is 535. The molecule has 5 heteroatoms. The summed E-state index contributed by atoms with van der Waals surface area (Å²) in [6.07, 6.45) is 1.86. The van der Waals surface area contributed by atoms with Crippen molar-refractivity contribution in [2.75, 3.05) is 52.4 Å². The summed E-state index contributed by atoms with van der Waals surface area (Å²) in [4.78, 5) is 18.3. The lowest BCUT2D eigenvalue weighted by atomic mass is 9.96. The smallest absolute Gasteiger partial charge is 0.219 e. The van der Waals surface area contributed by atoms with Crippen molar-refractivity contribution in [3.63, 3.8) is 0 Å². The van der Waals surface area contributed by atoms with Crippen molar-refractivity contribution in [3.8, 4) is 0 Å². The fourth-order valence-corrected chi connectivity index (χ4v) is 3.98.